The average molecular weight is 289 g/mol. The van der Waals surface area contributed by atoms with Gasteiger partial charge in [0.05, 0.1) is 11.1 Å². The summed E-state index contributed by atoms with van der Waals surface area (Å²) in [6.45, 7) is 2.32. The van der Waals surface area contributed by atoms with Crippen LogP contribution in [0, 0.1) is 5.92 Å². The van der Waals surface area contributed by atoms with Crippen LogP contribution >= 0.6 is 11.6 Å². The molecule has 1 aliphatic carbocycles. The molecule has 3 heteroatoms. The first-order chi connectivity index (χ1) is 9.71. The van der Waals surface area contributed by atoms with Gasteiger partial charge in [0.25, 0.3) is 0 Å². The van der Waals surface area contributed by atoms with Gasteiger partial charge in [-0.3, -0.25) is 0 Å². The summed E-state index contributed by atoms with van der Waals surface area (Å²) in [7, 11) is 0. The number of fused-ring (bicyclic) bond motifs is 1. The van der Waals surface area contributed by atoms with Crippen LogP contribution in [0.5, 0.6) is 0 Å². The molecule has 0 radical (unpaired) electrons. The predicted molar refractivity (Wildman–Crippen MR) is 86.4 cm³/mol. The molecule has 2 aromatic rings. The molecule has 1 N–H and O–H groups in total. The van der Waals surface area contributed by atoms with Gasteiger partial charge in [-0.1, -0.05) is 38.0 Å². The Morgan fingerprint density at radius 1 is 1.30 bits per heavy atom. The lowest BCUT2D eigenvalue weighted by Crippen LogP contribution is -2.44. The summed E-state index contributed by atoms with van der Waals surface area (Å²) in [5.74, 6) is 2.32. The van der Waals surface area contributed by atoms with Crippen molar-refractivity contribution >= 4 is 28.3 Å². The second-order valence-electron chi connectivity index (χ2n) is 6.13. The van der Waals surface area contributed by atoms with E-state index in [2.05, 4.69) is 36.5 Å². The molecule has 1 aromatic heterocycles. The molecule has 0 amide bonds. The molecule has 0 aliphatic heterocycles. The van der Waals surface area contributed by atoms with E-state index in [0.29, 0.717) is 5.88 Å². The van der Waals surface area contributed by atoms with Crippen molar-refractivity contribution in [3.63, 3.8) is 0 Å². The highest BCUT2D eigenvalue weighted by molar-refractivity contribution is 6.18. The molecule has 1 aliphatic rings. The molecule has 2 atom stereocenters. The second kappa shape index (κ2) is 5.61. The highest BCUT2D eigenvalue weighted by Crippen LogP contribution is 2.35. The standard InChI is InChI=1S/C17H21ClN2/c1-13-5-4-10-17(11-13,12-18)20-16-9-8-14-6-2-3-7-15(14)19-16/h2-3,6-9,13H,4-5,10-12H2,1H3,(H,19,20). The minimum absolute atomic E-state index is 0.00861. The molecule has 0 bridgehead atoms. The van der Waals surface area contributed by atoms with E-state index >= 15 is 0 Å². The first kappa shape index (κ1) is 13.7. The third-order valence-corrected chi connectivity index (χ3v) is 4.85. The van der Waals surface area contributed by atoms with Gasteiger partial charge in [-0.05, 0) is 37.0 Å². The third kappa shape index (κ3) is 2.76. The molecule has 1 heterocycles. The minimum atomic E-state index is 0.00861. The van der Waals surface area contributed by atoms with Gasteiger partial charge in [-0.15, -0.1) is 11.6 Å². The van der Waals surface area contributed by atoms with Gasteiger partial charge < -0.3 is 5.32 Å². The normalized spacial score (nSPS) is 26.6. The Morgan fingerprint density at radius 2 is 2.15 bits per heavy atom. The van der Waals surface area contributed by atoms with Crippen molar-refractivity contribution in [3.05, 3.63) is 36.4 Å². The molecule has 2 nitrogen and oxygen atoms in total. The van der Waals surface area contributed by atoms with Crippen LogP contribution in [0.3, 0.4) is 0 Å². The van der Waals surface area contributed by atoms with E-state index in [0.717, 1.165) is 30.1 Å². The fourth-order valence-corrected chi connectivity index (χ4v) is 3.65. The number of pyridine rings is 1. The van der Waals surface area contributed by atoms with Crippen LogP contribution in [-0.2, 0) is 0 Å². The molecule has 20 heavy (non-hydrogen) atoms. The summed E-state index contributed by atoms with van der Waals surface area (Å²) >= 11 is 6.28. The number of para-hydroxylation sites is 1. The van der Waals surface area contributed by atoms with E-state index in [9.17, 15) is 0 Å². The topological polar surface area (TPSA) is 24.9 Å². The fourth-order valence-electron chi connectivity index (χ4n) is 3.34. The van der Waals surface area contributed by atoms with Crippen LogP contribution in [0.4, 0.5) is 5.82 Å². The second-order valence-corrected chi connectivity index (χ2v) is 6.40. The fraction of sp³-hybridized carbons (Fsp3) is 0.471. The first-order valence-corrected chi connectivity index (χ1v) is 7.94. The number of nitrogens with one attached hydrogen (secondary N) is 1. The summed E-state index contributed by atoms with van der Waals surface area (Å²) in [6, 6.07) is 12.4. The van der Waals surface area contributed by atoms with Gasteiger partial charge in [0.2, 0.25) is 0 Å². The molecule has 1 aromatic carbocycles. The Morgan fingerprint density at radius 3 is 2.95 bits per heavy atom. The molecule has 106 valence electrons. The van der Waals surface area contributed by atoms with E-state index in [-0.39, 0.29) is 5.54 Å². The zero-order valence-corrected chi connectivity index (χ0v) is 12.7. The maximum atomic E-state index is 6.28. The molecule has 0 saturated heterocycles. The lowest BCUT2D eigenvalue weighted by Gasteiger charge is -2.39. The van der Waals surface area contributed by atoms with Gasteiger partial charge >= 0.3 is 0 Å². The Bertz CT molecular complexity index is 598. The first-order valence-electron chi connectivity index (χ1n) is 7.41. The largest absolute Gasteiger partial charge is 0.363 e. The summed E-state index contributed by atoms with van der Waals surface area (Å²) in [5, 5.41) is 4.80. The highest BCUT2D eigenvalue weighted by Gasteiger charge is 2.34. The number of benzene rings is 1. The Hall–Kier alpha value is -1.28. The maximum absolute atomic E-state index is 6.28. The van der Waals surface area contributed by atoms with Crippen LogP contribution in [0.25, 0.3) is 10.9 Å². The van der Waals surface area contributed by atoms with Crippen LogP contribution in [0.1, 0.15) is 32.6 Å². The van der Waals surface area contributed by atoms with Gasteiger partial charge in [-0.25, -0.2) is 4.98 Å². The molecule has 1 fully saturated rings. The van der Waals surface area contributed by atoms with E-state index < -0.39 is 0 Å². The molecule has 1 saturated carbocycles. The Kier molecular flexibility index (Phi) is 3.84. The van der Waals surface area contributed by atoms with Gasteiger partial charge in [0.1, 0.15) is 5.82 Å². The molecule has 0 spiro atoms. The number of alkyl halides is 1. The van der Waals surface area contributed by atoms with Crippen molar-refractivity contribution in [2.24, 2.45) is 5.92 Å². The summed E-state index contributed by atoms with van der Waals surface area (Å²) < 4.78 is 0. The van der Waals surface area contributed by atoms with Crippen LogP contribution in [0.15, 0.2) is 36.4 Å². The van der Waals surface area contributed by atoms with Crippen molar-refractivity contribution in [3.8, 4) is 0 Å². The average Bonchev–Trinajstić information content (AvgIpc) is 2.47. The number of hydrogen-bond donors (Lipinski definition) is 1. The number of aromatic nitrogens is 1. The lowest BCUT2D eigenvalue weighted by atomic mass is 9.77. The van der Waals surface area contributed by atoms with Gasteiger partial charge in [0.15, 0.2) is 0 Å². The Labute approximate surface area is 125 Å². The molecule has 2 unspecified atom stereocenters. The van der Waals surface area contributed by atoms with Crippen LogP contribution in [-0.4, -0.2) is 16.4 Å². The van der Waals surface area contributed by atoms with E-state index in [1.165, 1.54) is 18.2 Å². The van der Waals surface area contributed by atoms with E-state index in [1.807, 2.05) is 12.1 Å². The van der Waals surface area contributed by atoms with E-state index in [1.54, 1.807) is 0 Å². The SMILES string of the molecule is CC1CCCC(CCl)(Nc2ccc3ccccc3n2)C1. The number of halogens is 1. The third-order valence-electron chi connectivity index (χ3n) is 4.34. The summed E-state index contributed by atoms with van der Waals surface area (Å²) in [4.78, 5) is 4.72. The van der Waals surface area contributed by atoms with Crippen molar-refractivity contribution in [2.75, 3.05) is 11.2 Å². The van der Waals surface area contributed by atoms with Gasteiger partial charge in [-0.2, -0.15) is 0 Å². The number of rotatable bonds is 3. The van der Waals surface area contributed by atoms with Crippen molar-refractivity contribution < 1.29 is 0 Å². The zero-order valence-electron chi connectivity index (χ0n) is 11.9. The monoisotopic (exact) mass is 288 g/mol. The number of nitrogens with zero attached hydrogens (tertiary/aromatic N) is 1. The number of anilines is 1. The predicted octanol–water partition coefficient (Wildman–Crippen LogP) is 4.83. The quantitative estimate of drug-likeness (QED) is 0.818. The van der Waals surface area contributed by atoms with Crippen LogP contribution in [0.2, 0.25) is 0 Å². The minimum Gasteiger partial charge on any atom is -0.363 e. The number of hydrogen-bond acceptors (Lipinski definition) is 2. The van der Waals surface area contributed by atoms with Crippen LogP contribution < -0.4 is 5.32 Å². The molecule has 3 rings (SSSR count). The van der Waals surface area contributed by atoms with Gasteiger partial charge in [0, 0.05) is 11.3 Å². The molecular weight excluding hydrogens is 268 g/mol. The Balaban J connectivity index is 1.87. The molecular formula is C17H21ClN2. The maximum Gasteiger partial charge on any atom is 0.127 e. The highest BCUT2D eigenvalue weighted by atomic mass is 35.5. The summed E-state index contributed by atoms with van der Waals surface area (Å²) in [6.07, 6.45) is 4.82. The lowest BCUT2D eigenvalue weighted by molar-refractivity contribution is 0.279. The summed E-state index contributed by atoms with van der Waals surface area (Å²) in [5.41, 5.74) is 1.04. The van der Waals surface area contributed by atoms with Crippen molar-refractivity contribution in [1.82, 2.24) is 4.98 Å². The smallest absolute Gasteiger partial charge is 0.127 e. The zero-order chi connectivity index (χ0) is 14.0. The van der Waals surface area contributed by atoms with Crippen molar-refractivity contribution in [1.29, 1.82) is 0 Å². The van der Waals surface area contributed by atoms with E-state index in [4.69, 9.17) is 16.6 Å². The van der Waals surface area contributed by atoms with Crippen molar-refractivity contribution in [2.45, 2.75) is 38.1 Å².